The van der Waals surface area contributed by atoms with Crippen LogP contribution in [0.15, 0.2) is 0 Å². The highest BCUT2D eigenvalue weighted by Crippen LogP contribution is 2.22. The van der Waals surface area contributed by atoms with E-state index in [0.717, 1.165) is 19.3 Å². The van der Waals surface area contributed by atoms with Crippen molar-refractivity contribution in [2.75, 3.05) is 0 Å². The summed E-state index contributed by atoms with van der Waals surface area (Å²) in [6, 6.07) is 0. The third kappa shape index (κ3) is 6.57. The monoisotopic (exact) mass is 271 g/mol. The van der Waals surface area contributed by atoms with Crippen LogP contribution >= 0.6 is 0 Å². The first kappa shape index (κ1) is 16.0. The molecule has 110 valence electrons. The molecule has 0 unspecified atom stereocenters. The molecule has 0 saturated carbocycles. The first-order valence-electron chi connectivity index (χ1n) is 6.97. The van der Waals surface area contributed by atoms with Crippen molar-refractivity contribution in [2.24, 2.45) is 0 Å². The van der Waals surface area contributed by atoms with Gasteiger partial charge in [-0.1, -0.05) is 0 Å². The number of hydrogen-bond acceptors (Lipinski definition) is 3. The molecule has 1 rings (SSSR count). The Morgan fingerprint density at radius 3 is 2.53 bits per heavy atom. The second kappa shape index (κ2) is 6.89. The van der Waals surface area contributed by atoms with Crippen LogP contribution in [0.5, 0.6) is 0 Å². The van der Waals surface area contributed by atoms with E-state index in [-0.39, 0.29) is 18.4 Å². The summed E-state index contributed by atoms with van der Waals surface area (Å²) in [4.78, 5) is 22.4. The highest BCUT2D eigenvalue weighted by molar-refractivity contribution is 5.76. The molecule has 1 aliphatic rings. The summed E-state index contributed by atoms with van der Waals surface area (Å²) >= 11 is 0. The van der Waals surface area contributed by atoms with Crippen LogP contribution in [-0.2, 0) is 14.3 Å². The van der Waals surface area contributed by atoms with E-state index in [1.54, 1.807) is 0 Å². The molecule has 0 aliphatic carbocycles. The van der Waals surface area contributed by atoms with Gasteiger partial charge in [0.15, 0.2) is 0 Å². The van der Waals surface area contributed by atoms with E-state index < -0.39 is 11.5 Å². The molecule has 1 fully saturated rings. The van der Waals surface area contributed by atoms with Crippen LogP contribution in [-0.4, -0.2) is 34.7 Å². The first-order valence-corrected chi connectivity index (χ1v) is 6.97. The Hall–Kier alpha value is -1.10. The van der Waals surface area contributed by atoms with Crippen LogP contribution in [0, 0.1) is 0 Å². The first-order chi connectivity index (χ1) is 8.78. The number of rotatable bonds is 7. The van der Waals surface area contributed by atoms with E-state index in [2.05, 4.69) is 12.2 Å². The Labute approximate surface area is 114 Å². The summed E-state index contributed by atoms with van der Waals surface area (Å²) in [5.74, 6) is -0.866. The van der Waals surface area contributed by atoms with Crippen LogP contribution in [0.3, 0.4) is 0 Å². The second-order valence-corrected chi connectivity index (χ2v) is 6.01. The van der Waals surface area contributed by atoms with Gasteiger partial charge in [0.05, 0.1) is 12.2 Å². The van der Waals surface area contributed by atoms with Gasteiger partial charge < -0.3 is 15.2 Å². The van der Waals surface area contributed by atoms with Gasteiger partial charge in [0.1, 0.15) is 0 Å². The minimum Gasteiger partial charge on any atom is -0.481 e. The maximum atomic E-state index is 11.8. The third-order valence-electron chi connectivity index (χ3n) is 3.45. The number of hydrogen-bond donors (Lipinski definition) is 2. The van der Waals surface area contributed by atoms with Crippen molar-refractivity contribution in [3.8, 4) is 0 Å². The zero-order valence-electron chi connectivity index (χ0n) is 12.1. The van der Waals surface area contributed by atoms with Crippen molar-refractivity contribution in [3.63, 3.8) is 0 Å². The lowest BCUT2D eigenvalue weighted by Gasteiger charge is -2.26. The summed E-state index contributed by atoms with van der Waals surface area (Å²) in [6.07, 6.45) is 4.27. The van der Waals surface area contributed by atoms with Gasteiger partial charge in [-0.25, -0.2) is 0 Å². The van der Waals surface area contributed by atoms with E-state index in [0.29, 0.717) is 18.9 Å². The number of ether oxygens (including phenoxy) is 1. The van der Waals surface area contributed by atoms with Crippen molar-refractivity contribution in [2.45, 2.75) is 77.0 Å². The normalized spacial score (nSPS) is 23.3. The van der Waals surface area contributed by atoms with E-state index in [4.69, 9.17) is 9.84 Å². The van der Waals surface area contributed by atoms with Crippen LogP contribution in [0.25, 0.3) is 0 Å². The largest absolute Gasteiger partial charge is 0.481 e. The number of aliphatic carboxylic acids is 1. The summed E-state index contributed by atoms with van der Waals surface area (Å²) in [6.45, 7) is 5.75. The predicted molar refractivity (Wildman–Crippen MR) is 71.9 cm³/mol. The molecule has 0 spiro atoms. The van der Waals surface area contributed by atoms with Crippen LogP contribution in [0.1, 0.15) is 59.3 Å². The molecule has 1 amide bonds. The molecule has 0 aromatic heterocycles. The summed E-state index contributed by atoms with van der Waals surface area (Å²) in [7, 11) is 0. The van der Waals surface area contributed by atoms with E-state index in [1.165, 1.54) is 0 Å². The molecular formula is C14H25NO4. The zero-order chi connectivity index (χ0) is 14.5. The smallest absolute Gasteiger partial charge is 0.303 e. The number of carboxylic acids is 1. The van der Waals surface area contributed by atoms with Crippen molar-refractivity contribution in [3.05, 3.63) is 0 Å². The molecule has 1 aliphatic heterocycles. The van der Waals surface area contributed by atoms with Crippen LogP contribution < -0.4 is 5.32 Å². The molecule has 5 heteroatoms. The molecule has 0 aromatic carbocycles. The fraction of sp³-hybridized carbons (Fsp3) is 0.857. The van der Waals surface area contributed by atoms with Crippen LogP contribution in [0.4, 0.5) is 0 Å². The van der Waals surface area contributed by atoms with E-state index in [1.807, 2.05) is 13.8 Å². The standard InChI is InChI=1S/C14H25NO4/c1-10-4-5-11(19-10)6-7-12(16)15-14(2,3)9-8-13(17)18/h10-11H,4-9H2,1-3H3,(H,15,16)(H,17,18)/t10-,11+/m1/s1. The molecule has 2 N–H and O–H groups in total. The molecule has 0 aromatic rings. The zero-order valence-corrected chi connectivity index (χ0v) is 12.1. The van der Waals surface area contributed by atoms with Gasteiger partial charge >= 0.3 is 5.97 Å². The Balaban J connectivity index is 2.24. The fourth-order valence-electron chi connectivity index (χ4n) is 2.31. The quantitative estimate of drug-likeness (QED) is 0.743. The number of carbonyl (C=O) groups is 2. The number of carbonyl (C=O) groups excluding carboxylic acids is 1. The van der Waals surface area contributed by atoms with Gasteiger partial charge in [-0.2, -0.15) is 0 Å². The Kier molecular flexibility index (Phi) is 5.79. The molecule has 0 radical (unpaired) electrons. The highest BCUT2D eigenvalue weighted by Gasteiger charge is 2.24. The van der Waals surface area contributed by atoms with Crippen molar-refractivity contribution < 1.29 is 19.4 Å². The number of nitrogens with one attached hydrogen (secondary N) is 1. The van der Waals surface area contributed by atoms with Crippen LogP contribution in [0.2, 0.25) is 0 Å². The maximum Gasteiger partial charge on any atom is 0.303 e. The Morgan fingerprint density at radius 2 is 2.00 bits per heavy atom. The van der Waals surface area contributed by atoms with Crippen molar-refractivity contribution >= 4 is 11.9 Å². The highest BCUT2D eigenvalue weighted by atomic mass is 16.5. The van der Waals surface area contributed by atoms with E-state index in [9.17, 15) is 9.59 Å². The fourth-order valence-corrected chi connectivity index (χ4v) is 2.31. The molecule has 5 nitrogen and oxygen atoms in total. The number of carboxylic acid groups (broad SMARTS) is 1. The number of amides is 1. The van der Waals surface area contributed by atoms with Crippen molar-refractivity contribution in [1.29, 1.82) is 0 Å². The minimum absolute atomic E-state index is 0.0291. The SMILES string of the molecule is C[C@@H]1CC[C@@H](CCC(=O)NC(C)(C)CCC(=O)O)O1. The predicted octanol–water partition coefficient (Wildman–Crippen LogP) is 2.09. The lowest BCUT2D eigenvalue weighted by molar-refractivity contribution is -0.137. The minimum atomic E-state index is -0.837. The van der Waals surface area contributed by atoms with Crippen molar-refractivity contribution in [1.82, 2.24) is 5.32 Å². The molecule has 2 atom stereocenters. The van der Waals surface area contributed by atoms with Gasteiger partial charge in [-0.05, 0) is 46.5 Å². The summed E-state index contributed by atoms with van der Waals surface area (Å²) in [5.41, 5.74) is -0.473. The topological polar surface area (TPSA) is 75.6 Å². The van der Waals surface area contributed by atoms with Gasteiger partial charge in [0.2, 0.25) is 5.91 Å². The average molecular weight is 271 g/mol. The lowest BCUT2D eigenvalue weighted by Crippen LogP contribution is -2.43. The van der Waals surface area contributed by atoms with Gasteiger partial charge in [-0.3, -0.25) is 9.59 Å². The van der Waals surface area contributed by atoms with Gasteiger partial charge in [0, 0.05) is 18.4 Å². The molecule has 1 saturated heterocycles. The molecule has 19 heavy (non-hydrogen) atoms. The Bertz CT molecular complexity index is 327. The Morgan fingerprint density at radius 1 is 1.32 bits per heavy atom. The maximum absolute atomic E-state index is 11.8. The molecule has 1 heterocycles. The average Bonchev–Trinajstić information content (AvgIpc) is 2.69. The second-order valence-electron chi connectivity index (χ2n) is 6.01. The third-order valence-corrected chi connectivity index (χ3v) is 3.45. The van der Waals surface area contributed by atoms with E-state index >= 15 is 0 Å². The molecular weight excluding hydrogens is 246 g/mol. The molecule has 0 bridgehead atoms. The lowest BCUT2D eigenvalue weighted by atomic mass is 9.98. The van der Waals surface area contributed by atoms with Gasteiger partial charge in [-0.15, -0.1) is 0 Å². The summed E-state index contributed by atoms with van der Waals surface area (Å²) in [5, 5.41) is 11.5. The summed E-state index contributed by atoms with van der Waals surface area (Å²) < 4.78 is 5.66. The van der Waals surface area contributed by atoms with Gasteiger partial charge in [0.25, 0.3) is 0 Å².